The van der Waals surface area contributed by atoms with Crippen molar-refractivity contribution in [1.29, 1.82) is 0 Å². The van der Waals surface area contributed by atoms with Gasteiger partial charge >= 0.3 is 0 Å². The van der Waals surface area contributed by atoms with E-state index in [1.54, 1.807) is 18.2 Å². The van der Waals surface area contributed by atoms with E-state index in [1.807, 2.05) is 93.6 Å². The highest BCUT2D eigenvalue weighted by Crippen LogP contribution is 2.29. The number of anilines is 1. The minimum absolute atomic E-state index is 0.249. The van der Waals surface area contributed by atoms with Crippen molar-refractivity contribution in [3.05, 3.63) is 107 Å². The van der Waals surface area contributed by atoms with E-state index in [1.165, 1.54) is 11.0 Å². The number of nitrogens with zero attached hydrogens (tertiary/aromatic N) is 1. The van der Waals surface area contributed by atoms with Gasteiger partial charge in [-0.15, -0.1) is 0 Å². The molecule has 1 unspecified atom stereocenters. The molecule has 0 saturated heterocycles. The zero-order valence-corrected chi connectivity index (χ0v) is 19.2. The van der Waals surface area contributed by atoms with Crippen LogP contribution in [0.4, 0.5) is 5.69 Å². The van der Waals surface area contributed by atoms with Gasteiger partial charge in [0.05, 0.1) is 0 Å². The molecule has 0 aliphatic rings. The summed E-state index contributed by atoms with van der Waals surface area (Å²) < 4.78 is 0. The Morgan fingerprint density at radius 2 is 1.44 bits per heavy atom. The van der Waals surface area contributed by atoms with Crippen molar-refractivity contribution in [1.82, 2.24) is 5.32 Å². The molecule has 164 valence electrons. The zero-order valence-electron chi connectivity index (χ0n) is 18.5. The maximum atomic E-state index is 13.5. The largest absolute Gasteiger partial charge is 0.349 e. The summed E-state index contributed by atoms with van der Waals surface area (Å²) >= 11 is 5.96. The molecular weight excluding hydrogens is 420 g/mol. The molecule has 3 rings (SSSR count). The molecule has 0 spiro atoms. The van der Waals surface area contributed by atoms with E-state index in [9.17, 15) is 9.59 Å². The molecule has 3 aromatic carbocycles. The highest BCUT2D eigenvalue weighted by atomic mass is 35.5. The SMILES string of the molecule is CC(C)(C)NC(=O)C(c1ccccc1)N(C(=O)/C=C/c1ccc(Cl)cc1)c1ccccc1. The Labute approximate surface area is 194 Å². The molecule has 2 amide bonds. The van der Waals surface area contributed by atoms with Crippen molar-refractivity contribution in [2.75, 3.05) is 4.90 Å². The van der Waals surface area contributed by atoms with Crippen LogP contribution in [-0.2, 0) is 9.59 Å². The standard InChI is InChI=1S/C27H27ClN2O2/c1-27(2,3)29-26(32)25(21-10-6-4-7-11-21)30(23-12-8-5-9-13-23)24(31)19-16-20-14-17-22(28)18-15-20/h4-19,25H,1-3H3,(H,29,32)/b19-16+. The number of para-hydroxylation sites is 1. The number of carbonyl (C=O) groups is 2. The maximum Gasteiger partial charge on any atom is 0.252 e. The highest BCUT2D eigenvalue weighted by Gasteiger charge is 2.33. The van der Waals surface area contributed by atoms with E-state index in [-0.39, 0.29) is 11.8 Å². The van der Waals surface area contributed by atoms with Crippen LogP contribution in [0.2, 0.25) is 5.02 Å². The van der Waals surface area contributed by atoms with Gasteiger partial charge < -0.3 is 5.32 Å². The van der Waals surface area contributed by atoms with E-state index >= 15 is 0 Å². The molecule has 32 heavy (non-hydrogen) atoms. The van der Waals surface area contributed by atoms with Crippen LogP contribution in [0, 0.1) is 0 Å². The van der Waals surface area contributed by atoms with Gasteiger partial charge in [-0.05, 0) is 62.2 Å². The van der Waals surface area contributed by atoms with E-state index in [0.717, 1.165) is 11.1 Å². The van der Waals surface area contributed by atoms with Gasteiger partial charge in [0, 0.05) is 22.3 Å². The van der Waals surface area contributed by atoms with Crippen LogP contribution in [0.5, 0.6) is 0 Å². The van der Waals surface area contributed by atoms with Crippen molar-refractivity contribution >= 4 is 35.2 Å². The summed E-state index contributed by atoms with van der Waals surface area (Å²) in [5, 5.41) is 3.66. The lowest BCUT2D eigenvalue weighted by atomic mass is 10.0. The van der Waals surface area contributed by atoms with E-state index < -0.39 is 11.6 Å². The summed E-state index contributed by atoms with van der Waals surface area (Å²) in [7, 11) is 0. The predicted octanol–water partition coefficient (Wildman–Crippen LogP) is 6.04. The van der Waals surface area contributed by atoms with Crippen molar-refractivity contribution in [3.63, 3.8) is 0 Å². The number of carbonyl (C=O) groups excluding carboxylic acids is 2. The van der Waals surface area contributed by atoms with Crippen LogP contribution in [0.25, 0.3) is 6.08 Å². The Bertz CT molecular complexity index is 1070. The quantitative estimate of drug-likeness (QED) is 0.469. The Balaban J connectivity index is 2.05. The van der Waals surface area contributed by atoms with Crippen LogP contribution < -0.4 is 10.2 Å². The van der Waals surface area contributed by atoms with Crippen molar-refractivity contribution in [3.8, 4) is 0 Å². The third-order valence-electron chi connectivity index (χ3n) is 4.68. The van der Waals surface area contributed by atoms with E-state index in [2.05, 4.69) is 5.32 Å². The molecule has 0 aromatic heterocycles. The molecule has 0 aliphatic carbocycles. The number of hydrogen-bond donors (Lipinski definition) is 1. The Morgan fingerprint density at radius 3 is 2.00 bits per heavy atom. The molecule has 3 aromatic rings. The highest BCUT2D eigenvalue weighted by molar-refractivity contribution is 6.30. The lowest BCUT2D eigenvalue weighted by molar-refractivity contribution is -0.126. The summed E-state index contributed by atoms with van der Waals surface area (Å²) in [6, 6.07) is 24.9. The number of amides is 2. The first-order valence-electron chi connectivity index (χ1n) is 10.4. The van der Waals surface area contributed by atoms with Crippen LogP contribution >= 0.6 is 11.6 Å². The lowest BCUT2D eigenvalue weighted by Gasteiger charge is -2.33. The second-order valence-corrected chi connectivity index (χ2v) is 8.92. The van der Waals surface area contributed by atoms with Gasteiger partial charge in [-0.1, -0.05) is 72.3 Å². The second-order valence-electron chi connectivity index (χ2n) is 8.48. The summed E-state index contributed by atoms with van der Waals surface area (Å²) in [5.74, 6) is -0.551. The Morgan fingerprint density at radius 1 is 0.875 bits per heavy atom. The molecule has 0 bridgehead atoms. The van der Waals surface area contributed by atoms with Crippen molar-refractivity contribution in [2.45, 2.75) is 32.4 Å². The van der Waals surface area contributed by atoms with Crippen LogP contribution in [0.15, 0.2) is 91.0 Å². The van der Waals surface area contributed by atoms with Gasteiger partial charge in [0.15, 0.2) is 0 Å². The fourth-order valence-electron chi connectivity index (χ4n) is 3.30. The molecule has 4 nitrogen and oxygen atoms in total. The number of hydrogen-bond acceptors (Lipinski definition) is 2. The maximum absolute atomic E-state index is 13.5. The molecular formula is C27H27ClN2O2. The first-order valence-corrected chi connectivity index (χ1v) is 10.8. The summed E-state index contributed by atoms with van der Waals surface area (Å²) in [5.41, 5.74) is 1.75. The van der Waals surface area contributed by atoms with Gasteiger partial charge in [0.2, 0.25) is 5.91 Å². The minimum Gasteiger partial charge on any atom is -0.349 e. The van der Waals surface area contributed by atoms with E-state index in [4.69, 9.17) is 11.6 Å². The summed E-state index contributed by atoms with van der Waals surface area (Å²) in [6.45, 7) is 5.76. The molecule has 1 N–H and O–H groups in total. The third-order valence-corrected chi connectivity index (χ3v) is 4.93. The Kier molecular flexibility index (Phi) is 7.49. The minimum atomic E-state index is -0.833. The average molecular weight is 447 g/mol. The number of halogens is 1. The predicted molar refractivity (Wildman–Crippen MR) is 131 cm³/mol. The molecule has 0 aliphatic heterocycles. The van der Waals surface area contributed by atoms with Gasteiger partial charge in [0.25, 0.3) is 5.91 Å². The zero-order chi connectivity index (χ0) is 23.1. The van der Waals surface area contributed by atoms with Gasteiger partial charge in [-0.2, -0.15) is 0 Å². The number of benzene rings is 3. The second kappa shape index (κ2) is 10.3. The molecule has 0 fully saturated rings. The lowest BCUT2D eigenvalue weighted by Crippen LogP contribution is -2.49. The van der Waals surface area contributed by atoms with Gasteiger partial charge in [0.1, 0.15) is 6.04 Å². The normalized spacial score (nSPS) is 12.4. The average Bonchev–Trinajstić information content (AvgIpc) is 2.76. The summed E-state index contributed by atoms with van der Waals surface area (Å²) in [4.78, 5) is 28.5. The topological polar surface area (TPSA) is 49.4 Å². The van der Waals surface area contributed by atoms with Crippen molar-refractivity contribution in [2.24, 2.45) is 0 Å². The number of rotatable bonds is 6. The number of nitrogens with one attached hydrogen (secondary N) is 1. The molecule has 0 saturated carbocycles. The first kappa shape index (κ1) is 23.3. The monoisotopic (exact) mass is 446 g/mol. The van der Waals surface area contributed by atoms with Crippen LogP contribution in [0.1, 0.15) is 37.9 Å². The van der Waals surface area contributed by atoms with Crippen molar-refractivity contribution < 1.29 is 9.59 Å². The molecule has 5 heteroatoms. The van der Waals surface area contributed by atoms with Crippen LogP contribution in [-0.4, -0.2) is 17.4 Å². The third kappa shape index (κ3) is 6.32. The fraction of sp³-hybridized carbons (Fsp3) is 0.185. The Hall–Kier alpha value is -3.37. The van der Waals surface area contributed by atoms with Gasteiger partial charge in [-0.3, -0.25) is 14.5 Å². The first-order chi connectivity index (χ1) is 15.2. The molecule has 1 atom stereocenters. The van der Waals surface area contributed by atoms with Crippen LogP contribution in [0.3, 0.4) is 0 Å². The molecule has 0 radical (unpaired) electrons. The smallest absolute Gasteiger partial charge is 0.252 e. The summed E-state index contributed by atoms with van der Waals surface area (Å²) in [6.07, 6.45) is 3.20. The fourth-order valence-corrected chi connectivity index (χ4v) is 3.43. The van der Waals surface area contributed by atoms with Gasteiger partial charge in [-0.25, -0.2) is 0 Å². The molecule has 0 heterocycles. The van der Waals surface area contributed by atoms with E-state index in [0.29, 0.717) is 10.7 Å².